The maximum atomic E-state index is 10.6. The molecule has 4 nitrogen and oxygen atoms in total. The molecule has 0 radical (unpaired) electrons. The molecule has 1 atom stereocenters. The maximum Gasteiger partial charge on any atom is 1.00 e. The molecule has 0 aromatic heterocycles. The Balaban J connectivity index is -0.000000845. The predicted octanol–water partition coefficient (Wildman–Crippen LogP) is -0.895. The summed E-state index contributed by atoms with van der Waals surface area (Å²) in [5, 5.41) is 17.4. The van der Waals surface area contributed by atoms with Crippen molar-refractivity contribution in [3.63, 3.8) is 0 Å². The first kappa shape index (κ1) is 16.9. The Hall–Kier alpha value is -0.463. The first-order chi connectivity index (χ1) is 6.52. The SMILES string of the molecule is CCCC(CC)CC(C(=O)O)C(=O)O.[H-].[Li+]. The minimum atomic E-state index is -1.24. The van der Waals surface area contributed by atoms with E-state index in [-0.39, 0.29) is 32.6 Å². The van der Waals surface area contributed by atoms with E-state index in [4.69, 9.17) is 10.2 Å². The van der Waals surface area contributed by atoms with Crippen LogP contribution in [0.25, 0.3) is 0 Å². The summed E-state index contributed by atoms with van der Waals surface area (Å²) < 4.78 is 0. The van der Waals surface area contributed by atoms with Crippen molar-refractivity contribution < 1.29 is 40.1 Å². The Morgan fingerprint density at radius 1 is 1.20 bits per heavy atom. The zero-order valence-electron chi connectivity index (χ0n) is 10.7. The van der Waals surface area contributed by atoms with E-state index in [2.05, 4.69) is 0 Å². The van der Waals surface area contributed by atoms with Gasteiger partial charge in [0.15, 0.2) is 5.92 Å². The van der Waals surface area contributed by atoms with Crippen LogP contribution in [0.4, 0.5) is 0 Å². The second-order valence-electron chi connectivity index (χ2n) is 3.53. The number of rotatable bonds is 7. The van der Waals surface area contributed by atoms with Gasteiger partial charge in [-0.15, -0.1) is 0 Å². The molecule has 0 aliphatic carbocycles. The fraction of sp³-hybridized carbons (Fsp3) is 0.800. The molecule has 0 aromatic carbocycles. The van der Waals surface area contributed by atoms with Crippen molar-refractivity contribution in [3.8, 4) is 0 Å². The fourth-order valence-electron chi connectivity index (χ4n) is 1.54. The monoisotopic (exact) mass is 210 g/mol. The average molecular weight is 210 g/mol. The normalized spacial score (nSPS) is 11.9. The van der Waals surface area contributed by atoms with Crippen molar-refractivity contribution in [1.82, 2.24) is 0 Å². The first-order valence-corrected chi connectivity index (χ1v) is 4.98. The van der Waals surface area contributed by atoms with Crippen LogP contribution in [0.1, 0.15) is 41.0 Å². The van der Waals surface area contributed by atoms with Crippen LogP contribution in [0.5, 0.6) is 0 Å². The number of hydrogen-bond acceptors (Lipinski definition) is 2. The number of hydrogen-bond donors (Lipinski definition) is 2. The number of carboxylic acids is 2. The smallest absolute Gasteiger partial charge is 1.00 e. The van der Waals surface area contributed by atoms with Gasteiger partial charge in [0.05, 0.1) is 0 Å². The zero-order chi connectivity index (χ0) is 11.1. The fourth-order valence-corrected chi connectivity index (χ4v) is 1.54. The molecule has 0 aliphatic heterocycles. The molecule has 0 rings (SSSR count). The van der Waals surface area contributed by atoms with Gasteiger partial charge < -0.3 is 11.6 Å². The van der Waals surface area contributed by atoms with E-state index < -0.39 is 17.9 Å². The van der Waals surface area contributed by atoms with Crippen LogP contribution in [0.15, 0.2) is 0 Å². The molecule has 0 bridgehead atoms. The van der Waals surface area contributed by atoms with Gasteiger partial charge in [-0.25, -0.2) is 0 Å². The molecule has 0 aromatic rings. The van der Waals surface area contributed by atoms with Crippen LogP contribution in [-0.4, -0.2) is 22.2 Å². The van der Waals surface area contributed by atoms with E-state index in [1.54, 1.807) is 0 Å². The number of carboxylic acid groups (broad SMARTS) is 2. The van der Waals surface area contributed by atoms with E-state index in [1.807, 2.05) is 13.8 Å². The molecule has 15 heavy (non-hydrogen) atoms. The summed E-state index contributed by atoms with van der Waals surface area (Å²) in [6.45, 7) is 3.97. The number of carbonyl (C=O) groups is 2. The van der Waals surface area contributed by atoms with Crippen LogP contribution in [0.3, 0.4) is 0 Å². The molecular weight excluding hydrogens is 191 g/mol. The largest absolute Gasteiger partial charge is 1.00 e. The maximum absolute atomic E-state index is 10.6. The van der Waals surface area contributed by atoms with Gasteiger partial charge in [-0.05, 0) is 12.3 Å². The van der Waals surface area contributed by atoms with E-state index in [9.17, 15) is 9.59 Å². The van der Waals surface area contributed by atoms with E-state index in [1.165, 1.54) is 0 Å². The third kappa shape index (κ3) is 6.59. The van der Waals surface area contributed by atoms with E-state index in [0.29, 0.717) is 0 Å². The summed E-state index contributed by atoms with van der Waals surface area (Å²) in [7, 11) is 0. The minimum Gasteiger partial charge on any atom is -1.00 e. The van der Waals surface area contributed by atoms with Gasteiger partial charge in [-0.1, -0.05) is 33.1 Å². The molecule has 0 saturated carbocycles. The Morgan fingerprint density at radius 3 is 1.93 bits per heavy atom. The Bertz CT molecular complexity index is 197. The quantitative estimate of drug-likeness (QED) is 0.422. The van der Waals surface area contributed by atoms with Crippen LogP contribution >= 0.6 is 0 Å². The second-order valence-corrected chi connectivity index (χ2v) is 3.53. The van der Waals surface area contributed by atoms with Crippen molar-refractivity contribution in [1.29, 1.82) is 0 Å². The summed E-state index contributed by atoms with van der Waals surface area (Å²) in [5.41, 5.74) is 0. The Morgan fingerprint density at radius 2 is 1.67 bits per heavy atom. The molecule has 0 saturated heterocycles. The first-order valence-electron chi connectivity index (χ1n) is 4.98. The molecule has 2 N–H and O–H groups in total. The summed E-state index contributed by atoms with van der Waals surface area (Å²) in [5.74, 6) is -3.50. The van der Waals surface area contributed by atoms with Crippen molar-refractivity contribution in [2.75, 3.05) is 0 Å². The van der Waals surface area contributed by atoms with Gasteiger partial charge in [-0.3, -0.25) is 9.59 Å². The topological polar surface area (TPSA) is 74.6 Å². The van der Waals surface area contributed by atoms with E-state index in [0.717, 1.165) is 19.3 Å². The molecule has 84 valence electrons. The number of aliphatic carboxylic acids is 2. The summed E-state index contributed by atoms with van der Waals surface area (Å²) in [6.07, 6.45) is 2.94. The average Bonchev–Trinajstić information content (AvgIpc) is 2.10. The molecule has 0 heterocycles. The van der Waals surface area contributed by atoms with Crippen molar-refractivity contribution in [2.24, 2.45) is 11.8 Å². The minimum absolute atomic E-state index is 0. The second kappa shape index (κ2) is 8.81. The van der Waals surface area contributed by atoms with Crippen LogP contribution in [0.2, 0.25) is 0 Å². The third-order valence-electron chi connectivity index (χ3n) is 2.44. The van der Waals surface area contributed by atoms with Crippen molar-refractivity contribution in [3.05, 3.63) is 0 Å². The van der Waals surface area contributed by atoms with Gasteiger partial charge in [0.2, 0.25) is 0 Å². The van der Waals surface area contributed by atoms with Crippen LogP contribution < -0.4 is 18.9 Å². The standard InChI is InChI=1S/C10H18O4.Li.H/c1-3-5-7(4-2)6-8(9(11)12)10(13)14;;/h7-8H,3-6H2,1-2H3,(H,11,12)(H,13,14);;/q;+1;-1. The summed E-state index contributed by atoms with van der Waals surface area (Å²) in [4.78, 5) is 21.2. The molecule has 0 fully saturated rings. The Kier molecular flexibility index (Phi) is 9.96. The molecule has 0 spiro atoms. The van der Waals surface area contributed by atoms with E-state index >= 15 is 0 Å². The van der Waals surface area contributed by atoms with Gasteiger partial charge in [0.25, 0.3) is 0 Å². The predicted molar refractivity (Wildman–Crippen MR) is 53.2 cm³/mol. The third-order valence-corrected chi connectivity index (χ3v) is 2.44. The molecule has 5 heteroatoms. The molecule has 0 aliphatic rings. The van der Waals surface area contributed by atoms with Gasteiger partial charge in [0, 0.05) is 0 Å². The van der Waals surface area contributed by atoms with Gasteiger partial charge in [-0.2, -0.15) is 0 Å². The molecule has 0 amide bonds. The molecule has 1 unspecified atom stereocenters. The zero-order valence-corrected chi connectivity index (χ0v) is 9.69. The van der Waals surface area contributed by atoms with Crippen molar-refractivity contribution >= 4 is 11.9 Å². The Labute approximate surface area is 104 Å². The molecular formula is C10H19LiO4. The summed E-state index contributed by atoms with van der Waals surface area (Å²) >= 11 is 0. The summed E-state index contributed by atoms with van der Waals surface area (Å²) in [6, 6.07) is 0. The van der Waals surface area contributed by atoms with Crippen LogP contribution in [-0.2, 0) is 9.59 Å². The van der Waals surface area contributed by atoms with Crippen molar-refractivity contribution in [2.45, 2.75) is 39.5 Å². The van der Waals surface area contributed by atoms with Gasteiger partial charge >= 0.3 is 30.8 Å². The van der Waals surface area contributed by atoms with Gasteiger partial charge in [0.1, 0.15) is 0 Å². The van der Waals surface area contributed by atoms with Crippen LogP contribution in [0, 0.1) is 11.8 Å².